The van der Waals surface area contributed by atoms with E-state index in [1.807, 2.05) is 6.92 Å². The van der Waals surface area contributed by atoms with Gasteiger partial charge in [0.25, 0.3) is 0 Å². The molecule has 5 nitrogen and oxygen atoms in total. The highest BCUT2D eigenvalue weighted by Crippen LogP contribution is 2.09. The summed E-state index contributed by atoms with van der Waals surface area (Å²) in [6.07, 6.45) is 0. The monoisotopic (exact) mass is 489 g/mol. The van der Waals surface area contributed by atoms with Gasteiger partial charge in [-0.2, -0.15) is 0 Å². The van der Waals surface area contributed by atoms with E-state index >= 15 is 0 Å². The second-order valence-corrected chi connectivity index (χ2v) is 5.47. The van der Waals surface area contributed by atoms with Crippen molar-refractivity contribution in [1.29, 1.82) is 0 Å². The van der Waals surface area contributed by atoms with Gasteiger partial charge < -0.3 is 15.4 Å². The van der Waals surface area contributed by atoms with Crippen molar-refractivity contribution in [2.24, 2.45) is 4.99 Å². The molecule has 0 aliphatic carbocycles. The molecule has 0 aliphatic heterocycles. The maximum Gasteiger partial charge on any atom is 0.337 e. The van der Waals surface area contributed by atoms with Crippen LogP contribution >= 0.6 is 24.0 Å². The molecule has 2 N–H and O–H groups in total. The van der Waals surface area contributed by atoms with Gasteiger partial charge in [-0.1, -0.05) is 12.1 Å². The van der Waals surface area contributed by atoms with Crippen molar-refractivity contribution >= 4 is 35.9 Å². The molecule has 2 aromatic carbocycles. The summed E-state index contributed by atoms with van der Waals surface area (Å²) >= 11 is 0. The number of nitrogens with one attached hydrogen (secondary N) is 2. The molecule has 0 atom stereocenters. The van der Waals surface area contributed by atoms with E-state index in [9.17, 15) is 13.6 Å². The van der Waals surface area contributed by atoms with Crippen LogP contribution in [0.4, 0.5) is 8.78 Å². The topological polar surface area (TPSA) is 62.7 Å². The lowest BCUT2D eigenvalue weighted by molar-refractivity contribution is 0.0600. The molecule has 0 spiro atoms. The fourth-order valence-electron chi connectivity index (χ4n) is 2.23. The third-order valence-electron chi connectivity index (χ3n) is 3.59. The first-order chi connectivity index (χ1) is 12.5. The van der Waals surface area contributed by atoms with Crippen molar-refractivity contribution in [1.82, 2.24) is 10.6 Å². The van der Waals surface area contributed by atoms with E-state index in [0.717, 1.165) is 23.8 Å². The number of carbonyl (C=O) groups excluding carboxylic acids is 1. The van der Waals surface area contributed by atoms with Crippen molar-refractivity contribution in [3.05, 3.63) is 70.8 Å². The van der Waals surface area contributed by atoms with Crippen molar-refractivity contribution in [3.8, 4) is 0 Å². The van der Waals surface area contributed by atoms with Crippen molar-refractivity contribution in [2.45, 2.75) is 20.0 Å². The molecule has 0 saturated heterocycles. The SMILES string of the molecule is CCNC(=NCc1ccc(C(=O)OC)cc1)NCc1cc(F)ccc1F.I. The Kier molecular flexibility index (Phi) is 9.70. The Bertz CT molecular complexity index is 783. The van der Waals surface area contributed by atoms with Crippen LogP contribution in [-0.2, 0) is 17.8 Å². The molecule has 0 fully saturated rings. The summed E-state index contributed by atoms with van der Waals surface area (Å²) in [7, 11) is 1.33. The van der Waals surface area contributed by atoms with E-state index in [4.69, 9.17) is 0 Å². The average Bonchev–Trinajstić information content (AvgIpc) is 2.66. The number of rotatable bonds is 6. The number of halogens is 3. The van der Waals surface area contributed by atoms with E-state index in [2.05, 4.69) is 20.4 Å². The Morgan fingerprint density at radius 1 is 1.11 bits per heavy atom. The molecule has 146 valence electrons. The zero-order valence-electron chi connectivity index (χ0n) is 15.1. The standard InChI is InChI=1S/C19H21F2N3O2.HI/c1-3-22-19(24-12-15-10-16(20)8-9-17(15)21)23-11-13-4-6-14(7-5-13)18(25)26-2;/h4-10H,3,11-12H2,1-2H3,(H2,22,23,24);1H. The number of ether oxygens (including phenoxy) is 1. The first-order valence-electron chi connectivity index (χ1n) is 8.17. The number of carbonyl (C=O) groups is 1. The summed E-state index contributed by atoms with van der Waals surface area (Å²) in [5, 5.41) is 6.02. The van der Waals surface area contributed by atoms with Crippen LogP contribution in [0.3, 0.4) is 0 Å². The summed E-state index contributed by atoms with van der Waals surface area (Å²) in [5.41, 5.74) is 1.58. The van der Waals surface area contributed by atoms with E-state index in [0.29, 0.717) is 24.6 Å². The number of guanidine groups is 1. The third-order valence-corrected chi connectivity index (χ3v) is 3.59. The predicted octanol–water partition coefficient (Wildman–Crippen LogP) is 3.62. The smallest absolute Gasteiger partial charge is 0.337 e. The zero-order chi connectivity index (χ0) is 18.9. The second kappa shape index (κ2) is 11.5. The molecular formula is C19H22F2IN3O2. The van der Waals surface area contributed by atoms with Gasteiger partial charge in [0, 0.05) is 18.7 Å². The fraction of sp³-hybridized carbons (Fsp3) is 0.263. The number of esters is 1. The van der Waals surface area contributed by atoms with Gasteiger partial charge in [0.05, 0.1) is 19.2 Å². The van der Waals surface area contributed by atoms with Crippen LogP contribution in [0.25, 0.3) is 0 Å². The molecule has 0 amide bonds. The number of nitrogens with zero attached hydrogens (tertiary/aromatic N) is 1. The maximum absolute atomic E-state index is 13.7. The molecule has 0 saturated carbocycles. The number of methoxy groups -OCH3 is 1. The normalized spacial score (nSPS) is 10.7. The molecular weight excluding hydrogens is 467 g/mol. The Hall–Kier alpha value is -2.23. The van der Waals surface area contributed by atoms with E-state index in [-0.39, 0.29) is 36.1 Å². The highest BCUT2D eigenvalue weighted by atomic mass is 127. The summed E-state index contributed by atoms with van der Waals surface area (Å²) in [6, 6.07) is 10.2. The van der Waals surface area contributed by atoms with E-state index < -0.39 is 17.6 Å². The zero-order valence-corrected chi connectivity index (χ0v) is 17.4. The Labute approximate surface area is 174 Å². The van der Waals surface area contributed by atoms with Crippen LogP contribution < -0.4 is 10.6 Å². The van der Waals surface area contributed by atoms with Gasteiger partial charge in [0.2, 0.25) is 0 Å². The lowest BCUT2D eigenvalue weighted by Gasteiger charge is -2.12. The van der Waals surface area contributed by atoms with E-state index in [1.165, 1.54) is 7.11 Å². The maximum atomic E-state index is 13.7. The number of hydrogen-bond donors (Lipinski definition) is 2. The Balaban J connectivity index is 0.00000364. The predicted molar refractivity (Wildman–Crippen MR) is 111 cm³/mol. The Morgan fingerprint density at radius 3 is 2.44 bits per heavy atom. The summed E-state index contributed by atoms with van der Waals surface area (Å²) < 4.78 is 31.6. The fourth-order valence-corrected chi connectivity index (χ4v) is 2.23. The number of hydrogen-bond acceptors (Lipinski definition) is 3. The molecule has 0 unspecified atom stereocenters. The highest BCUT2D eigenvalue weighted by Gasteiger charge is 2.06. The first kappa shape index (κ1) is 22.8. The van der Waals surface area contributed by atoms with Crippen molar-refractivity contribution in [3.63, 3.8) is 0 Å². The van der Waals surface area contributed by atoms with Crippen LogP contribution in [0.1, 0.15) is 28.4 Å². The molecule has 27 heavy (non-hydrogen) atoms. The minimum absolute atomic E-state index is 0. The van der Waals surface area contributed by atoms with Crippen molar-refractivity contribution < 1.29 is 18.3 Å². The van der Waals surface area contributed by atoms with Gasteiger partial charge >= 0.3 is 5.97 Å². The highest BCUT2D eigenvalue weighted by molar-refractivity contribution is 14.0. The third kappa shape index (κ3) is 7.12. The molecule has 0 aromatic heterocycles. The molecule has 2 aromatic rings. The molecule has 0 aliphatic rings. The average molecular weight is 489 g/mol. The van der Waals surface area contributed by atoms with Gasteiger partial charge in [-0.3, -0.25) is 0 Å². The Morgan fingerprint density at radius 2 is 1.81 bits per heavy atom. The number of aliphatic imine (C=N–C) groups is 1. The molecule has 0 heterocycles. The minimum Gasteiger partial charge on any atom is -0.465 e. The molecule has 0 radical (unpaired) electrons. The van der Waals surface area contributed by atoms with Crippen LogP contribution in [-0.4, -0.2) is 25.6 Å². The van der Waals surface area contributed by atoms with Crippen LogP contribution in [0.2, 0.25) is 0 Å². The minimum atomic E-state index is -0.490. The molecule has 8 heteroatoms. The summed E-state index contributed by atoms with van der Waals surface area (Å²) in [5.74, 6) is -0.885. The van der Waals surface area contributed by atoms with Crippen LogP contribution in [0, 0.1) is 11.6 Å². The second-order valence-electron chi connectivity index (χ2n) is 5.47. The quantitative estimate of drug-likeness (QED) is 0.282. The van der Waals surface area contributed by atoms with Crippen LogP contribution in [0.15, 0.2) is 47.5 Å². The lowest BCUT2D eigenvalue weighted by Crippen LogP contribution is -2.37. The summed E-state index contributed by atoms with van der Waals surface area (Å²) in [4.78, 5) is 15.8. The van der Waals surface area contributed by atoms with Gasteiger partial charge in [0.15, 0.2) is 5.96 Å². The summed E-state index contributed by atoms with van der Waals surface area (Å²) in [6.45, 7) is 3.00. The van der Waals surface area contributed by atoms with E-state index in [1.54, 1.807) is 24.3 Å². The van der Waals surface area contributed by atoms with Gasteiger partial charge in [-0.15, -0.1) is 24.0 Å². The van der Waals surface area contributed by atoms with Gasteiger partial charge in [-0.05, 0) is 42.8 Å². The first-order valence-corrected chi connectivity index (χ1v) is 8.17. The molecule has 0 bridgehead atoms. The van der Waals surface area contributed by atoms with Gasteiger partial charge in [0.1, 0.15) is 11.6 Å². The molecule has 2 rings (SSSR count). The number of benzene rings is 2. The largest absolute Gasteiger partial charge is 0.465 e. The lowest BCUT2D eigenvalue weighted by atomic mass is 10.1. The van der Waals surface area contributed by atoms with Crippen LogP contribution in [0.5, 0.6) is 0 Å². The van der Waals surface area contributed by atoms with Gasteiger partial charge in [-0.25, -0.2) is 18.6 Å². The van der Waals surface area contributed by atoms with Crippen molar-refractivity contribution in [2.75, 3.05) is 13.7 Å².